The Morgan fingerprint density at radius 3 is 2.64 bits per heavy atom. The van der Waals surface area contributed by atoms with Crippen LogP contribution in [-0.2, 0) is 5.54 Å². The molecule has 0 saturated carbocycles. The number of halogens is 1. The number of nitrogens with zero attached hydrogens (tertiary/aromatic N) is 6. The molecular weight excluding hydrogens is 467 g/mol. The summed E-state index contributed by atoms with van der Waals surface area (Å²) in [4.78, 5) is 25.5. The lowest BCUT2D eigenvalue weighted by molar-refractivity contribution is 0.0452. The average Bonchev–Trinajstić information content (AvgIpc) is 3.51. The number of nitrogens with two attached hydrogens (primary N) is 1. The summed E-state index contributed by atoms with van der Waals surface area (Å²) in [5, 5.41) is 31.8. The van der Waals surface area contributed by atoms with E-state index in [2.05, 4.69) is 21.6 Å². The highest BCUT2D eigenvalue weighted by atomic mass is 19.1. The molecule has 0 spiro atoms. The first-order valence-electron chi connectivity index (χ1n) is 11.4. The number of rotatable bonds is 7. The van der Waals surface area contributed by atoms with E-state index in [1.807, 2.05) is 13.8 Å². The molecule has 2 aromatic heterocycles. The smallest absolute Gasteiger partial charge is 0.407 e. The molecule has 1 fully saturated rings. The van der Waals surface area contributed by atoms with Crippen LogP contribution < -0.4 is 11.1 Å². The molecule has 1 unspecified atom stereocenters. The summed E-state index contributed by atoms with van der Waals surface area (Å²) in [7, 11) is 0. The summed E-state index contributed by atoms with van der Waals surface area (Å²) in [5.74, 6) is -1.73. The molecule has 11 nitrogen and oxygen atoms in total. The number of carbonyl (C=O) groups excluding carboxylic acids is 1. The molecule has 1 saturated heterocycles. The third kappa shape index (κ3) is 4.86. The average molecular weight is 495 g/mol. The van der Waals surface area contributed by atoms with Crippen molar-refractivity contribution in [3.8, 4) is 6.07 Å². The fraction of sp³-hybridized carbons (Fsp3) is 0.375. The summed E-state index contributed by atoms with van der Waals surface area (Å²) in [6.07, 6.45) is 4.46. The molecule has 36 heavy (non-hydrogen) atoms. The number of hydrogen-bond donors (Lipinski definition) is 3. The Bertz CT molecular complexity index is 1280. The summed E-state index contributed by atoms with van der Waals surface area (Å²) in [6, 6.07) is 8.44. The monoisotopic (exact) mass is 494 g/mol. The zero-order chi connectivity index (χ0) is 26.0. The van der Waals surface area contributed by atoms with Gasteiger partial charge in [-0.25, -0.2) is 9.18 Å². The van der Waals surface area contributed by atoms with Gasteiger partial charge in [0.15, 0.2) is 5.82 Å². The molecule has 3 aromatic rings. The standard InChI is InChI=1S/C24H27FN8O3/c1-24(2,33-10-3-9-28-33)12-20-17(13-26)19(8-11-31(20)23(35)36)32-14-18(21(27)34)22(30-32)29-16-6-4-15(25)5-7-16/h3-7,9-10,14,17,19-20H,8,11-12H2,1-2H3,(H2,27,34)(H,29,30)(H,35,36)/t17-,19+,20?/m0/s1. The van der Waals surface area contributed by atoms with Crippen LogP contribution in [-0.4, -0.2) is 54.2 Å². The zero-order valence-corrected chi connectivity index (χ0v) is 19.9. The van der Waals surface area contributed by atoms with Gasteiger partial charge in [-0.3, -0.25) is 14.2 Å². The van der Waals surface area contributed by atoms with Gasteiger partial charge in [0.25, 0.3) is 5.91 Å². The van der Waals surface area contributed by atoms with Crippen LogP contribution in [0.1, 0.15) is 43.1 Å². The van der Waals surface area contributed by atoms with Gasteiger partial charge in [-0.15, -0.1) is 0 Å². The van der Waals surface area contributed by atoms with E-state index in [1.165, 1.54) is 40.0 Å². The highest BCUT2D eigenvalue weighted by Crippen LogP contribution is 2.38. The Morgan fingerprint density at radius 1 is 1.33 bits per heavy atom. The van der Waals surface area contributed by atoms with Crippen LogP contribution >= 0.6 is 0 Å². The Labute approximate surface area is 206 Å². The molecule has 1 aliphatic heterocycles. The SMILES string of the molecule is CC(C)(CC1[C@@H](C#N)[C@H](n2cc(C(N)=O)c(Nc3ccc(F)cc3)n2)CCN1C(=O)O)n1cccn1. The number of carboxylic acid groups (broad SMARTS) is 1. The topological polar surface area (TPSA) is 155 Å². The van der Waals surface area contributed by atoms with Crippen LogP contribution in [0.2, 0.25) is 0 Å². The van der Waals surface area contributed by atoms with Crippen LogP contribution in [0.15, 0.2) is 48.9 Å². The first-order chi connectivity index (χ1) is 17.1. The molecule has 1 aliphatic rings. The molecule has 3 atom stereocenters. The number of hydrogen-bond acceptors (Lipinski definition) is 6. The van der Waals surface area contributed by atoms with Crippen LogP contribution in [0.5, 0.6) is 0 Å². The van der Waals surface area contributed by atoms with Gasteiger partial charge in [0.05, 0.1) is 29.6 Å². The lowest BCUT2D eigenvalue weighted by Gasteiger charge is -2.44. The fourth-order valence-electron chi connectivity index (χ4n) is 4.75. The molecule has 0 bridgehead atoms. The van der Waals surface area contributed by atoms with Crippen LogP contribution in [0, 0.1) is 23.1 Å². The van der Waals surface area contributed by atoms with Gasteiger partial charge in [0.2, 0.25) is 0 Å². The highest BCUT2D eigenvalue weighted by Gasteiger charge is 2.45. The molecule has 4 rings (SSSR count). The summed E-state index contributed by atoms with van der Waals surface area (Å²) in [6.45, 7) is 4.05. The molecule has 12 heteroatoms. The summed E-state index contributed by atoms with van der Waals surface area (Å²) >= 11 is 0. The highest BCUT2D eigenvalue weighted by molar-refractivity contribution is 5.98. The number of benzene rings is 1. The van der Waals surface area contributed by atoms with E-state index in [0.29, 0.717) is 18.5 Å². The van der Waals surface area contributed by atoms with E-state index in [-0.39, 0.29) is 17.9 Å². The molecule has 188 valence electrons. The lowest BCUT2D eigenvalue weighted by atomic mass is 9.79. The molecule has 0 radical (unpaired) electrons. The van der Waals surface area contributed by atoms with Crippen molar-refractivity contribution in [1.29, 1.82) is 5.26 Å². The number of amides is 2. The summed E-state index contributed by atoms with van der Waals surface area (Å²) < 4.78 is 16.5. The minimum absolute atomic E-state index is 0.102. The number of likely N-dealkylation sites (tertiary alicyclic amines) is 1. The molecular formula is C24H27FN8O3. The number of piperidine rings is 1. The van der Waals surface area contributed by atoms with E-state index >= 15 is 0 Å². The van der Waals surface area contributed by atoms with E-state index in [9.17, 15) is 24.3 Å². The van der Waals surface area contributed by atoms with Gasteiger partial charge >= 0.3 is 6.09 Å². The largest absolute Gasteiger partial charge is 0.465 e. The van der Waals surface area contributed by atoms with Crippen molar-refractivity contribution in [1.82, 2.24) is 24.5 Å². The second kappa shape index (κ2) is 9.69. The van der Waals surface area contributed by atoms with Crippen LogP contribution in [0.3, 0.4) is 0 Å². The zero-order valence-electron chi connectivity index (χ0n) is 19.9. The normalized spacial score (nSPS) is 20.1. The molecule has 0 aliphatic carbocycles. The number of nitriles is 1. The number of carbonyl (C=O) groups is 2. The first kappa shape index (κ1) is 24.7. The molecule has 4 N–H and O–H groups in total. The lowest BCUT2D eigenvalue weighted by Crippen LogP contribution is -2.54. The van der Waals surface area contributed by atoms with Gasteiger partial charge in [0.1, 0.15) is 11.4 Å². The van der Waals surface area contributed by atoms with Crippen molar-refractivity contribution in [2.45, 2.75) is 44.3 Å². The van der Waals surface area contributed by atoms with Gasteiger partial charge < -0.3 is 21.1 Å². The maximum atomic E-state index is 13.3. The predicted molar refractivity (Wildman–Crippen MR) is 128 cm³/mol. The third-order valence-electron chi connectivity index (χ3n) is 6.57. The van der Waals surface area contributed by atoms with E-state index in [0.717, 1.165) is 0 Å². The number of nitrogens with one attached hydrogen (secondary N) is 1. The maximum Gasteiger partial charge on any atom is 0.407 e. The van der Waals surface area contributed by atoms with Gasteiger partial charge in [-0.1, -0.05) is 0 Å². The van der Waals surface area contributed by atoms with Crippen molar-refractivity contribution < 1.29 is 19.1 Å². The van der Waals surface area contributed by atoms with E-state index < -0.39 is 41.4 Å². The Hall–Kier alpha value is -4.40. The van der Waals surface area contributed by atoms with Crippen molar-refractivity contribution >= 4 is 23.5 Å². The second-order valence-corrected chi connectivity index (χ2v) is 9.39. The van der Waals surface area contributed by atoms with E-state index in [1.54, 1.807) is 23.1 Å². The van der Waals surface area contributed by atoms with Crippen LogP contribution in [0.25, 0.3) is 0 Å². The van der Waals surface area contributed by atoms with Crippen molar-refractivity contribution in [3.05, 3.63) is 60.3 Å². The fourth-order valence-corrected chi connectivity index (χ4v) is 4.75. The Balaban J connectivity index is 1.67. The third-order valence-corrected chi connectivity index (χ3v) is 6.57. The summed E-state index contributed by atoms with van der Waals surface area (Å²) in [5.41, 5.74) is 5.61. The quantitative estimate of drug-likeness (QED) is 0.455. The Morgan fingerprint density at radius 2 is 2.06 bits per heavy atom. The van der Waals surface area contributed by atoms with Crippen LogP contribution in [0.4, 0.5) is 20.7 Å². The van der Waals surface area contributed by atoms with Gasteiger partial charge in [-0.05, 0) is 57.0 Å². The number of aromatic nitrogens is 4. The maximum absolute atomic E-state index is 13.3. The van der Waals surface area contributed by atoms with Gasteiger partial charge in [-0.2, -0.15) is 15.5 Å². The Kier molecular flexibility index (Phi) is 6.65. The second-order valence-electron chi connectivity index (χ2n) is 9.39. The number of primary amides is 1. The first-order valence-corrected chi connectivity index (χ1v) is 11.4. The molecule has 3 heterocycles. The predicted octanol–water partition coefficient (Wildman–Crippen LogP) is 3.32. The van der Waals surface area contributed by atoms with Crippen molar-refractivity contribution in [3.63, 3.8) is 0 Å². The molecule has 2 amide bonds. The van der Waals surface area contributed by atoms with Crippen molar-refractivity contribution in [2.75, 3.05) is 11.9 Å². The van der Waals surface area contributed by atoms with E-state index in [4.69, 9.17) is 5.73 Å². The van der Waals surface area contributed by atoms with Crippen molar-refractivity contribution in [2.24, 2.45) is 11.7 Å². The number of anilines is 2. The molecule has 1 aromatic carbocycles. The minimum atomic E-state index is -1.10. The minimum Gasteiger partial charge on any atom is -0.465 e. The van der Waals surface area contributed by atoms with Gasteiger partial charge in [0, 0.05) is 30.8 Å².